The fourth-order valence-electron chi connectivity index (χ4n) is 2.78. The van der Waals surface area contributed by atoms with Gasteiger partial charge in [-0.25, -0.2) is 19.8 Å². The van der Waals surface area contributed by atoms with Crippen LogP contribution in [0.5, 0.6) is 5.75 Å². The molecule has 1 amide bonds. The highest BCUT2D eigenvalue weighted by Gasteiger charge is 2.07. The van der Waals surface area contributed by atoms with Crippen LogP contribution < -0.4 is 15.3 Å². The summed E-state index contributed by atoms with van der Waals surface area (Å²) in [4.78, 5) is 25.9. The van der Waals surface area contributed by atoms with Gasteiger partial charge in [-0.15, -0.1) is 0 Å². The molecule has 1 aliphatic rings. The SMILES string of the molecule is O=C(O)N1/C=C\C=C/Oc2ccc3ncnc(c3c2)N=c2cccc/c2=C/C1. The van der Waals surface area contributed by atoms with Crippen molar-refractivity contribution < 1.29 is 14.6 Å². The Bertz CT molecular complexity index is 1220. The van der Waals surface area contributed by atoms with Crippen molar-refractivity contribution in [2.45, 2.75) is 0 Å². The number of ether oxygens (including phenoxy) is 1. The number of fused-ring (bicyclic) bond motifs is 2. The Kier molecular flexibility index (Phi) is 4.79. The summed E-state index contributed by atoms with van der Waals surface area (Å²) in [5.41, 5.74) is 0.757. The van der Waals surface area contributed by atoms with E-state index in [1.165, 1.54) is 23.7 Å². The highest BCUT2D eigenvalue weighted by Crippen LogP contribution is 2.25. The van der Waals surface area contributed by atoms with Crippen molar-refractivity contribution in [3.63, 3.8) is 0 Å². The number of allylic oxidation sites excluding steroid dienone is 2. The van der Waals surface area contributed by atoms with Gasteiger partial charge in [0.25, 0.3) is 0 Å². The second-order valence-corrected chi connectivity index (χ2v) is 5.97. The largest absolute Gasteiger partial charge is 0.465 e. The number of rotatable bonds is 0. The van der Waals surface area contributed by atoms with Crippen LogP contribution in [0, 0.1) is 0 Å². The van der Waals surface area contributed by atoms with Gasteiger partial charge >= 0.3 is 6.09 Å². The molecule has 7 heteroatoms. The van der Waals surface area contributed by atoms with Crippen LogP contribution in [-0.2, 0) is 0 Å². The third-order valence-electron chi connectivity index (χ3n) is 4.16. The summed E-state index contributed by atoms with van der Waals surface area (Å²) in [6.45, 7) is 0.181. The summed E-state index contributed by atoms with van der Waals surface area (Å²) < 4.78 is 5.61. The van der Waals surface area contributed by atoms with E-state index in [9.17, 15) is 9.90 Å². The van der Waals surface area contributed by atoms with E-state index in [0.29, 0.717) is 16.9 Å². The van der Waals surface area contributed by atoms with E-state index >= 15 is 0 Å². The molecule has 7 nitrogen and oxygen atoms in total. The minimum Gasteiger partial charge on any atom is -0.465 e. The molecule has 28 heavy (non-hydrogen) atoms. The van der Waals surface area contributed by atoms with Gasteiger partial charge in [-0.3, -0.25) is 4.90 Å². The Balaban J connectivity index is 1.96. The highest BCUT2D eigenvalue weighted by atomic mass is 16.5. The van der Waals surface area contributed by atoms with Gasteiger partial charge in [-0.05, 0) is 41.6 Å². The Hall–Kier alpha value is -4.00. The molecular formula is C21H16N4O3. The van der Waals surface area contributed by atoms with E-state index in [4.69, 9.17) is 9.73 Å². The lowest BCUT2D eigenvalue weighted by Gasteiger charge is -2.10. The molecule has 0 aliphatic carbocycles. The fourth-order valence-corrected chi connectivity index (χ4v) is 2.78. The third kappa shape index (κ3) is 3.73. The molecule has 4 rings (SSSR count). The maximum atomic E-state index is 11.5. The van der Waals surface area contributed by atoms with Crippen LogP contribution in [0.4, 0.5) is 10.6 Å². The van der Waals surface area contributed by atoms with Crippen LogP contribution in [0.2, 0.25) is 0 Å². The normalized spacial score (nSPS) is 17.1. The van der Waals surface area contributed by atoms with E-state index in [1.807, 2.05) is 42.5 Å². The number of hydrogen-bond acceptors (Lipinski definition) is 5. The zero-order valence-corrected chi connectivity index (χ0v) is 14.8. The van der Waals surface area contributed by atoms with Gasteiger partial charge in [0, 0.05) is 18.1 Å². The zero-order valence-electron chi connectivity index (χ0n) is 14.8. The summed E-state index contributed by atoms with van der Waals surface area (Å²) in [6.07, 6.45) is 8.42. The van der Waals surface area contributed by atoms with Gasteiger partial charge < -0.3 is 9.84 Å². The first-order valence-electron chi connectivity index (χ1n) is 8.59. The van der Waals surface area contributed by atoms with Gasteiger partial charge in [-0.1, -0.05) is 24.3 Å². The predicted molar refractivity (Wildman–Crippen MR) is 105 cm³/mol. The molecule has 0 radical (unpaired) electrons. The van der Waals surface area contributed by atoms with Crippen molar-refractivity contribution in [1.82, 2.24) is 14.9 Å². The molecule has 0 unspecified atom stereocenters. The number of aromatic nitrogens is 2. The van der Waals surface area contributed by atoms with Gasteiger partial charge in [0.2, 0.25) is 0 Å². The van der Waals surface area contributed by atoms with E-state index in [2.05, 4.69) is 9.97 Å². The van der Waals surface area contributed by atoms with Crippen LogP contribution in [0.1, 0.15) is 0 Å². The Morgan fingerprint density at radius 1 is 1.11 bits per heavy atom. The number of hydrogen-bond donors (Lipinski definition) is 1. The van der Waals surface area contributed by atoms with Gasteiger partial charge in [-0.2, -0.15) is 0 Å². The number of amides is 1. The molecule has 0 saturated heterocycles. The summed E-state index contributed by atoms with van der Waals surface area (Å²) in [7, 11) is 0. The average molecular weight is 372 g/mol. The summed E-state index contributed by atoms with van der Waals surface area (Å²) in [6, 6.07) is 13.0. The van der Waals surface area contributed by atoms with Crippen molar-refractivity contribution in [3.05, 3.63) is 84.0 Å². The standard InChI is InChI=1S/C21H16N4O3/c26-21(27)25-10-3-4-12-28-16-7-8-19-17(13-16)20(23-14-22-19)24-18-6-2-1-5-15(18)9-11-25/h1-10,12-14H,11H2,(H,26,27)/b10-3-,12-4-,15-9-,24-18?. The molecule has 0 fully saturated rings. The monoisotopic (exact) mass is 372 g/mol. The molecule has 1 N–H and O–H groups in total. The minimum atomic E-state index is -1.05. The Morgan fingerprint density at radius 3 is 2.89 bits per heavy atom. The molecular weight excluding hydrogens is 356 g/mol. The first-order chi connectivity index (χ1) is 13.7. The van der Waals surface area contributed by atoms with Crippen molar-refractivity contribution in [1.29, 1.82) is 0 Å². The lowest BCUT2D eigenvalue weighted by Crippen LogP contribution is -2.29. The van der Waals surface area contributed by atoms with Crippen LogP contribution in [0.25, 0.3) is 17.0 Å². The molecule has 0 atom stereocenters. The summed E-state index contributed by atoms with van der Waals surface area (Å²) in [5, 5.41) is 11.7. The van der Waals surface area contributed by atoms with E-state index in [1.54, 1.807) is 18.2 Å². The van der Waals surface area contributed by atoms with Crippen molar-refractivity contribution in [2.24, 2.45) is 4.99 Å². The third-order valence-corrected chi connectivity index (χ3v) is 4.16. The lowest BCUT2D eigenvalue weighted by molar-refractivity contribution is 0.167. The van der Waals surface area contributed by atoms with E-state index in [0.717, 1.165) is 16.1 Å². The number of carbonyl (C=O) groups is 1. The smallest absolute Gasteiger partial charge is 0.411 e. The molecule has 2 heterocycles. The Labute approximate surface area is 160 Å². The topological polar surface area (TPSA) is 87.9 Å². The van der Waals surface area contributed by atoms with Gasteiger partial charge in [0.05, 0.1) is 17.1 Å². The zero-order chi connectivity index (χ0) is 19.3. The maximum Gasteiger partial charge on any atom is 0.411 e. The predicted octanol–water partition coefficient (Wildman–Crippen LogP) is 2.76. The quantitative estimate of drug-likeness (QED) is 0.656. The second-order valence-electron chi connectivity index (χ2n) is 5.97. The molecule has 0 saturated carbocycles. The molecule has 2 aromatic carbocycles. The van der Waals surface area contributed by atoms with E-state index in [-0.39, 0.29) is 6.54 Å². The van der Waals surface area contributed by atoms with Crippen molar-refractivity contribution in [2.75, 3.05) is 6.54 Å². The average Bonchev–Trinajstić information content (AvgIpc) is 2.71. The summed E-state index contributed by atoms with van der Waals surface area (Å²) in [5.74, 6) is 1.12. The Morgan fingerprint density at radius 2 is 2.00 bits per heavy atom. The lowest BCUT2D eigenvalue weighted by atomic mass is 10.2. The number of para-hydroxylation sites is 1. The molecule has 1 aliphatic heterocycles. The summed E-state index contributed by atoms with van der Waals surface area (Å²) >= 11 is 0. The van der Waals surface area contributed by atoms with Crippen molar-refractivity contribution >= 4 is 28.9 Å². The molecule has 2 bridgehead atoms. The van der Waals surface area contributed by atoms with Crippen molar-refractivity contribution in [3.8, 4) is 5.75 Å². The molecule has 0 spiro atoms. The minimum absolute atomic E-state index is 0.181. The van der Waals surface area contributed by atoms with Crippen LogP contribution in [-0.4, -0.2) is 32.6 Å². The first kappa shape index (κ1) is 17.4. The number of carboxylic acid groups (broad SMARTS) is 1. The highest BCUT2D eigenvalue weighted by molar-refractivity contribution is 5.88. The fraction of sp³-hybridized carbons (Fsp3) is 0.0476. The number of nitrogens with zero attached hydrogens (tertiary/aromatic N) is 4. The molecule has 3 aromatic rings. The number of benzene rings is 2. The first-order valence-corrected chi connectivity index (χ1v) is 8.59. The molecule has 138 valence electrons. The van der Waals surface area contributed by atoms with Crippen LogP contribution >= 0.6 is 0 Å². The molecule has 1 aromatic heterocycles. The van der Waals surface area contributed by atoms with Crippen LogP contribution in [0.3, 0.4) is 0 Å². The van der Waals surface area contributed by atoms with Gasteiger partial charge in [0.15, 0.2) is 5.82 Å². The van der Waals surface area contributed by atoms with E-state index < -0.39 is 6.09 Å². The van der Waals surface area contributed by atoms with Crippen LogP contribution in [0.15, 0.2) is 78.4 Å². The maximum absolute atomic E-state index is 11.5. The second kappa shape index (κ2) is 7.71. The van der Waals surface area contributed by atoms with Gasteiger partial charge in [0.1, 0.15) is 12.1 Å².